The first-order valence-electron chi connectivity index (χ1n) is 8.38. The Bertz CT molecular complexity index is 716. The number of benzene rings is 2. The number of aliphatic hydroxyl groups excluding tert-OH is 1. The number of rotatable bonds is 7. The van der Waals surface area contributed by atoms with Gasteiger partial charge in [0, 0.05) is 26.4 Å². The summed E-state index contributed by atoms with van der Waals surface area (Å²) in [6.07, 6.45) is 0.160. The van der Waals surface area contributed by atoms with Crippen LogP contribution >= 0.6 is 0 Å². The van der Waals surface area contributed by atoms with Crippen molar-refractivity contribution in [2.24, 2.45) is 0 Å². The van der Waals surface area contributed by atoms with E-state index < -0.39 is 6.10 Å². The Morgan fingerprint density at radius 1 is 1.08 bits per heavy atom. The topological polar surface area (TPSA) is 69.6 Å². The highest BCUT2D eigenvalue weighted by Crippen LogP contribution is 2.19. The fraction of sp³-hybridized carbons (Fsp3) is 0.300. The molecular weight excluding hydrogens is 316 g/mol. The molecule has 0 aliphatic carbocycles. The van der Waals surface area contributed by atoms with Crippen molar-refractivity contribution in [1.82, 2.24) is 5.32 Å². The third-order valence-corrected chi connectivity index (χ3v) is 4.00. The Kier molecular flexibility index (Phi) is 6.71. The number of nitrogens with one attached hydrogen (secondary N) is 1. The van der Waals surface area contributed by atoms with Gasteiger partial charge in [0.2, 0.25) is 5.91 Å². The van der Waals surface area contributed by atoms with E-state index in [0.29, 0.717) is 24.1 Å². The highest BCUT2D eigenvalue weighted by molar-refractivity contribution is 6.04. The van der Waals surface area contributed by atoms with Gasteiger partial charge < -0.3 is 15.3 Å². The highest BCUT2D eigenvalue weighted by atomic mass is 16.3. The summed E-state index contributed by atoms with van der Waals surface area (Å²) in [6, 6.07) is 16.6. The van der Waals surface area contributed by atoms with Crippen LogP contribution in [0.2, 0.25) is 0 Å². The fourth-order valence-electron chi connectivity index (χ4n) is 2.59. The maximum absolute atomic E-state index is 12.5. The SMILES string of the molecule is CCC(=O)N(C)c1ccccc1C(=O)NCC(O)Cc1ccccc1. The second-order valence-electron chi connectivity index (χ2n) is 5.88. The largest absolute Gasteiger partial charge is 0.391 e. The minimum absolute atomic E-state index is 0.0654. The zero-order valence-corrected chi connectivity index (χ0v) is 14.6. The van der Waals surface area contributed by atoms with E-state index in [1.807, 2.05) is 30.3 Å². The number of hydrogen-bond donors (Lipinski definition) is 2. The second kappa shape index (κ2) is 8.99. The summed E-state index contributed by atoms with van der Waals surface area (Å²) >= 11 is 0. The first-order valence-corrected chi connectivity index (χ1v) is 8.38. The predicted octanol–water partition coefficient (Wildman–Crippen LogP) is 2.39. The van der Waals surface area contributed by atoms with Crippen molar-refractivity contribution < 1.29 is 14.7 Å². The van der Waals surface area contributed by atoms with Crippen molar-refractivity contribution in [1.29, 1.82) is 0 Å². The van der Waals surface area contributed by atoms with E-state index in [2.05, 4.69) is 5.32 Å². The molecular formula is C20H24N2O3. The van der Waals surface area contributed by atoms with Gasteiger partial charge in [-0.15, -0.1) is 0 Å². The number of carbonyl (C=O) groups is 2. The molecule has 2 rings (SSSR count). The van der Waals surface area contributed by atoms with E-state index >= 15 is 0 Å². The van der Waals surface area contributed by atoms with Gasteiger partial charge in [-0.3, -0.25) is 9.59 Å². The van der Waals surface area contributed by atoms with Crippen molar-refractivity contribution in [3.8, 4) is 0 Å². The number of hydrogen-bond acceptors (Lipinski definition) is 3. The van der Waals surface area contributed by atoms with Gasteiger partial charge >= 0.3 is 0 Å². The molecule has 2 N–H and O–H groups in total. The van der Waals surface area contributed by atoms with Gasteiger partial charge in [0.25, 0.3) is 5.91 Å². The molecule has 0 aliphatic rings. The van der Waals surface area contributed by atoms with Gasteiger partial charge in [-0.1, -0.05) is 49.4 Å². The molecule has 5 nitrogen and oxygen atoms in total. The van der Waals surface area contributed by atoms with Crippen molar-refractivity contribution >= 4 is 17.5 Å². The number of amides is 2. The predicted molar refractivity (Wildman–Crippen MR) is 98.6 cm³/mol. The molecule has 5 heteroatoms. The molecule has 1 unspecified atom stereocenters. The summed E-state index contributed by atoms with van der Waals surface area (Å²) in [5.74, 6) is -0.372. The molecule has 132 valence electrons. The Balaban J connectivity index is 2.00. The van der Waals surface area contributed by atoms with Crippen LogP contribution in [-0.2, 0) is 11.2 Å². The number of para-hydroxylation sites is 1. The van der Waals surface area contributed by atoms with Gasteiger partial charge in [0.05, 0.1) is 17.4 Å². The summed E-state index contributed by atoms with van der Waals surface area (Å²) in [7, 11) is 1.65. The normalized spacial score (nSPS) is 11.6. The van der Waals surface area contributed by atoms with E-state index in [0.717, 1.165) is 5.56 Å². The zero-order valence-electron chi connectivity index (χ0n) is 14.6. The molecule has 0 aromatic heterocycles. The van der Waals surface area contributed by atoms with Crippen LogP contribution in [0.4, 0.5) is 5.69 Å². The van der Waals surface area contributed by atoms with Crippen LogP contribution in [0.15, 0.2) is 54.6 Å². The van der Waals surface area contributed by atoms with Crippen molar-refractivity contribution in [3.63, 3.8) is 0 Å². The lowest BCUT2D eigenvalue weighted by molar-refractivity contribution is -0.118. The van der Waals surface area contributed by atoms with Gasteiger partial charge in [-0.25, -0.2) is 0 Å². The molecule has 0 spiro atoms. The zero-order chi connectivity index (χ0) is 18.2. The van der Waals surface area contributed by atoms with E-state index in [1.165, 1.54) is 4.90 Å². The number of aliphatic hydroxyl groups is 1. The Labute approximate surface area is 148 Å². The lowest BCUT2D eigenvalue weighted by atomic mass is 10.1. The molecule has 2 amide bonds. The molecule has 0 fully saturated rings. The van der Waals surface area contributed by atoms with Crippen LogP contribution in [0, 0.1) is 0 Å². The molecule has 0 saturated carbocycles. The summed E-state index contributed by atoms with van der Waals surface area (Å²) in [6.45, 7) is 1.93. The van der Waals surface area contributed by atoms with Gasteiger partial charge in [0.15, 0.2) is 0 Å². The summed E-state index contributed by atoms with van der Waals surface area (Å²) < 4.78 is 0. The smallest absolute Gasteiger partial charge is 0.253 e. The first kappa shape index (κ1) is 18.7. The summed E-state index contributed by atoms with van der Waals surface area (Å²) in [5.41, 5.74) is 1.99. The third-order valence-electron chi connectivity index (χ3n) is 4.00. The Morgan fingerprint density at radius 3 is 2.40 bits per heavy atom. The average molecular weight is 340 g/mol. The molecule has 0 heterocycles. The monoisotopic (exact) mass is 340 g/mol. The van der Waals surface area contributed by atoms with Gasteiger partial charge in [-0.2, -0.15) is 0 Å². The second-order valence-corrected chi connectivity index (χ2v) is 5.88. The van der Waals surface area contributed by atoms with Crippen molar-refractivity contribution in [3.05, 3.63) is 65.7 Å². The summed E-state index contributed by atoms with van der Waals surface area (Å²) in [4.78, 5) is 25.9. The molecule has 25 heavy (non-hydrogen) atoms. The van der Waals surface area contributed by atoms with Crippen molar-refractivity contribution in [2.75, 3.05) is 18.5 Å². The number of carbonyl (C=O) groups excluding carboxylic acids is 2. The summed E-state index contributed by atoms with van der Waals surface area (Å²) in [5, 5.41) is 12.9. The minimum Gasteiger partial charge on any atom is -0.391 e. The van der Waals surface area contributed by atoms with Crippen LogP contribution in [0.5, 0.6) is 0 Å². The molecule has 2 aromatic carbocycles. The quantitative estimate of drug-likeness (QED) is 0.813. The van der Waals surface area contributed by atoms with Crippen molar-refractivity contribution in [2.45, 2.75) is 25.9 Å². The van der Waals surface area contributed by atoms with E-state index in [1.54, 1.807) is 38.2 Å². The van der Waals surface area contributed by atoms with Crippen LogP contribution in [0.1, 0.15) is 29.3 Å². The molecule has 1 atom stereocenters. The average Bonchev–Trinajstić information content (AvgIpc) is 2.65. The minimum atomic E-state index is -0.673. The van der Waals surface area contributed by atoms with Gasteiger partial charge in [-0.05, 0) is 17.7 Å². The number of anilines is 1. The lowest BCUT2D eigenvalue weighted by Crippen LogP contribution is -2.35. The highest BCUT2D eigenvalue weighted by Gasteiger charge is 2.18. The first-order chi connectivity index (χ1) is 12.0. The maximum Gasteiger partial charge on any atom is 0.253 e. The number of nitrogens with zero attached hydrogens (tertiary/aromatic N) is 1. The van der Waals surface area contributed by atoms with Crippen LogP contribution < -0.4 is 10.2 Å². The molecule has 0 radical (unpaired) electrons. The molecule has 0 saturated heterocycles. The fourth-order valence-corrected chi connectivity index (χ4v) is 2.59. The molecule has 0 aliphatic heterocycles. The maximum atomic E-state index is 12.5. The lowest BCUT2D eigenvalue weighted by Gasteiger charge is -2.20. The van der Waals surface area contributed by atoms with Crippen LogP contribution in [0.3, 0.4) is 0 Å². The van der Waals surface area contributed by atoms with E-state index in [4.69, 9.17) is 0 Å². The van der Waals surface area contributed by atoms with Gasteiger partial charge in [0.1, 0.15) is 0 Å². The van der Waals surface area contributed by atoms with E-state index in [-0.39, 0.29) is 18.4 Å². The van der Waals surface area contributed by atoms with E-state index in [9.17, 15) is 14.7 Å². The standard InChI is InChI=1S/C20H24N2O3/c1-3-19(24)22(2)18-12-8-7-11-17(18)20(25)21-14-16(23)13-15-9-5-4-6-10-15/h4-12,16,23H,3,13-14H2,1-2H3,(H,21,25). The Hall–Kier alpha value is -2.66. The third kappa shape index (κ3) is 5.16. The molecule has 0 bridgehead atoms. The van der Waals surface area contributed by atoms with Crippen LogP contribution in [0.25, 0.3) is 0 Å². The molecule has 2 aromatic rings. The van der Waals surface area contributed by atoms with Crippen LogP contribution in [-0.4, -0.2) is 36.6 Å². The Morgan fingerprint density at radius 2 is 1.72 bits per heavy atom.